The Morgan fingerprint density at radius 2 is 2.08 bits per heavy atom. The topological polar surface area (TPSA) is 113 Å². The molecule has 3 aromatic heterocycles. The first-order valence-electron chi connectivity index (χ1n) is 7.47. The predicted molar refractivity (Wildman–Crippen MR) is 87.2 cm³/mol. The first-order chi connectivity index (χ1) is 12.0. The molecule has 0 aliphatic carbocycles. The van der Waals surface area contributed by atoms with Crippen LogP contribution in [0.5, 0.6) is 5.75 Å². The zero-order chi connectivity index (χ0) is 17.6. The van der Waals surface area contributed by atoms with Gasteiger partial charge in [-0.2, -0.15) is 5.10 Å². The molecule has 0 spiro atoms. The van der Waals surface area contributed by atoms with Gasteiger partial charge in [0.15, 0.2) is 29.0 Å². The number of aromatic nitrogens is 6. The Morgan fingerprint density at radius 1 is 1.28 bits per heavy atom. The van der Waals surface area contributed by atoms with Crippen molar-refractivity contribution in [1.29, 1.82) is 0 Å². The van der Waals surface area contributed by atoms with Crippen LogP contribution in [-0.2, 0) is 7.05 Å². The quantitative estimate of drug-likeness (QED) is 0.413. The van der Waals surface area contributed by atoms with E-state index in [1.54, 1.807) is 53.9 Å². The number of fused-ring (bicyclic) bond motifs is 3. The second-order valence-electron chi connectivity index (χ2n) is 5.47. The minimum absolute atomic E-state index is 0.102. The van der Waals surface area contributed by atoms with Crippen molar-refractivity contribution in [2.75, 3.05) is 0 Å². The summed E-state index contributed by atoms with van der Waals surface area (Å²) in [6.45, 7) is 1.74. The van der Waals surface area contributed by atoms with Gasteiger partial charge in [-0.1, -0.05) is 12.1 Å². The molecule has 0 radical (unpaired) electrons. The third kappa shape index (κ3) is 2.43. The van der Waals surface area contributed by atoms with Crippen LogP contribution in [0.3, 0.4) is 0 Å². The molecule has 0 amide bonds. The molecule has 126 valence electrons. The van der Waals surface area contributed by atoms with E-state index in [1.807, 2.05) is 0 Å². The van der Waals surface area contributed by atoms with E-state index in [0.29, 0.717) is 17.1 Å². The lowest BCUT2D eigenvalue weighted by atomic mass is 10.3. The van der Waals surface area contributed by atoms with Gasteiger partial charge in [0.1, 0.15) is 6.33 Å². The van der Waals surface area contributed by atoms with E-state index in [-0.39, 0.29) is 11.4 Å². The fourth-order valence-electron chi connectivity index (χ4n) is 2.58. The van der Waals surface area contributed by atoms with Gasteiger partial charge in [-0.05, 0) is 13.0 Å². The molecule has 1 atom stereocenters. The van der Waals surface area contributed by atoms with Gasteiger partial charge in [-0.3, -0.25) is 14.8 Å². The van der Waals surface area contributed by atoms with E-state index in [1.165, 1.54) is 6.07 Å². The summed E-state index contributed by atoms with van der Waals surface area (Å²) in [7, 11) is 1.80. The van der Waals surface area contributed by atoms with Crippen molar-refractivity contribution in [2.45, 2.75) is 13.0 Å². The maximum Gasteiger partial charge on any atom is 0.310 e. The van der Waals surface area contributed by atoms with Crippen molar-refractivity contribution in [3.05, 3.63) is 52.7 Å². The lowest BCUT2D eigenvalue weighted by Crippen LogP contribution is -2.07. The summed E-state index contributed by atoms with van der Waals surface area (Å²) < 4.78 is 8.91. The zero-order valence-corrected chi connectivity index (χ0v) is 13.4. The summed E-state index contributed by atoms with van der Waals surface area (Å²) in [5.74, 6) is 0.569. The number of ether oxygens (including phenoxy) is 1. The molecular weight excluding hydrogens is 326 g/mol. The van der Waals surface area contributed by atoms with Crippen LogP contribution in [0.25, 0.3) is 16.7 Å². The minimum Gasteiger partial charge on any atom is -0.476 e. The number of nitrogens with zero attached hydrogens (tertiary/aromatic N) is 7. The molecule has 0 saturated heterocycles. The van der Waals surface area contributed by atoms with E-state index in [9.17, 15) is 10.1 Å². The van der Waals surface area contributed by atoms with Gasteiger partial charge >= 0.3 is 5.69 Å². The van der Waals surface area contributed by atoms with Crippen LogP contribution in [0.4, 0.5) is 5.69 Å². The average molecular weight is 339 g/mol. The van der Waals surface area contributed by atoms with Crippen molar-refractivity contribution >= 4 is 22.4 Å². The molecule has 25 heavy (non-hydrogen) atoms. The van der Waals surface area contributed by atoms with Crippen LogP contribution in [0, 0.1) is 10.1 Å². The number of hydrogen-bond donors (Lipinski definition) is 0. The first kappa shape index (κ1) is 15.0. The van der Waals surface area contributed by atoms with Gasteiger partial charge in [0.05, 0.1) is 16.5 Å². The van der Waals surface area contributed by atoms with Crippen LogP contribution >= 0.6 is 0 Å². The van der Waals surface area contributed by atoms with E-state index < -0.39 is 11.0 Å². The molecule has 4 aromatic rings. The number of rotatable bonds is 4. The fraction of sp³-hybridized carbons (Fsp3) is 0.200. The molecule has 0 saturated carbocycles. The highest BCUT2D eigenvalue weighted by molar-refractivity contribution is 5.88. The Bertz CT molecular complexity index is 1100. The van der Waals surface area contributed by atoms with Gasteiger partial charge in [-0.15, -0.1) is 5.10 Å². The van der Waals surface area contributed by atoms with E-state index in [0.717, 1.165) is 5.39 Å². The monoisotopic (exact) mass is 339 g/mol. The first-order valence-corrected chi connectivity index (χ1v) is 7.47. The summed E-state index contributed by atoms with van der Waals surface area (Å²) in [5, 5.41) is 20.4. The SMILES string of the molecule is CC(Oc1ccccc1[N+](=O)[O-])c1nc2c3cnn(C)c3ncn2n1. The molecule has 10 nitrogen and oxygen atoms in total. The van der Waals surface area contributed by atoms with Crippen molar-refractivity contribution < 1.29 is 9.66 Å². The van der Waals surface area contributed by atoms with Crippen LogP contribution in [0.1, 0.15) is 18.9 Å². The standard InChI is InChI=1S/C15H13N7O3/c1-9(25-12-6-4-3-5-11(12)22(23)24)13-18-15-10-7-17-20(2)14(10)16-8-21(15)19-13/h3-9H,1-2H3. The number of hydrogen-bond acceptors (Lipinski definition) is 7. The molecule has 0 bridgehead atoms. The fourth-order valence-corrected chi connectivity index (χ4v) is 2.58. The normalized spacial score (nSPS) is 12.6. The molecular formula is C15H13N7O3. The lowest BCUT2D eigenvalue weighted by Gasteiger charge is -2.11. The Morgan fingerprint density at radius 3 is 2.88 bits per heavy atom. The number of para-hydroxylation sites is 2. The van der Waals surface area contributed by atoms with Gasteiger partial charge in [0.2, 0.25) is 0 Å². The van der Waals surface area contributed by atoms with E-state index in [4.69, 9.17) is 4.74 Å². The summed E-state index contributed by atoms with van der Waals surface area (Å²) in [6.07, 6.45) is 2.64. The Kier molecular flexibility index (Phi) is 3.31. The van der Waals surface area contributed by atoms with Crippen molar-refractivity contribution in [3.8, 4) is 5.75 Å². The Balaban J connectivity index is 1.72. The van der Waals surface area contributed by atoms with Crippen molar-refractivity contribution in [3.63, 3.8) is 0 Å². The molecule has 10 heteroatoms. The highest BCUT2D eigenvalue weighted by atomic mass is 16.6. The van der Waals surface area contributed by atoms with Gasteiger partial charge in [0, 0.05) is 13.1 Å². The zero-order valence-electron chi connectivity index (χ0n) is 13.4. The summed E-state index contributed by atoms with van der Waals surface area (Å²) in [6, 6.07) is 6.20. The highest BCUT2D eigenvalue weighted by Gasteiger charge is 2.21. The predicted octanol–water partition coefficient (Wildman–Crippen LogP) is 2.06. The smallest absolute Gasteiger partial charge is 0.310 e. The molecule has 0 fully saturated rings. The highest BCUT2D eigenvalue weighted by Crippen LogP contribution is 2.30. The number of nitro benzene ring substituents is 1. The maximum atomic E-state index is 11.1. The number of nitro groups is 1. The van der Waals surface area contributed by atoms with Gasteiger partial charge in [-0.25, -0.2) is 14.5 Å². The molecule has 4 rings (SSSR count). The van der Waals surface area contributed by atoms with Crippen LogP contribution in [0.2, 0.25) is 0 Å². The molecule has 1 aromatic carbocycles. The minimum atomic E-state index is -0.576. The second kappa shape index (κ2) is 5.51. The van der Waals surface area contributed by atoms with Crippen molar-refractivity contribution in [2.24, 2.45) is 7.05 Å². The van der Waals surface area contributed by atoms with E-state index in [2.05, 4.69) is 20.2 Å². The van der Waals surface area contributed by atoms with Gasteiger partial charge < -0.3 is 4.74 Å². The molecule has 0 aliphatic heterocycles. The Hall–Kier alpha value is -3.56. The number of benzene rings is 1. The largest absolute Gasteiger partial charge is 0.476 e. The maximum absolute atomic E-state index is 11.1. The van der Waals surface area contributed by atoms with E-state index >= 15 is 0 Å². The third-order valence-corrected chi connectivity index (χ3v) is 3.81. The molecule has 3 heterocycles. The van der Waals surface area contributed by atoms with Crippen LogP contribution in [-0.4, -0.2) is 34.3 Å². The molecule has 0 N–H and O–H groups in total. The summed E-state index contributed by atoms with van der Waals surface area (Å²) in [4.78, 5) is 19.4. The second-order valence-corrected chi connectivity index (χ2v) is 5.47. The van der Waals surface area contributed by atoms with Crippen molar-refractivity contribution in [1.82, 2.24) is 29.4 Å². The van der Waals surface area contributed by atoms with Crippen LogP contribution in [0.15, 0.2) is 36.8 Å². The number of aryl methyl sites for hydroxylation is 1. The lowest BCUT2D eigenvalue weighted by molar-refractivity contribution is -0.386. The Labute approximate surface area is 140 Å². The summed E-state index contributed by atoms with van der Waals surface area (Å²) >= 11 is 0. The molecule has 0 aliphatic rings. The third-order valence-electron chi connectivity index (χ3n) is 3.81. The molecule has 1 unspecified atom stereocenters. The van der Waals surface area contributed by atoms with Crippen LogP contribution < -0.4 is 4.74 Å². The average Bonchev–Trinajstić information content (AvgIpc) is 3.19. The van der Waals surface area contributed by atoms with Gasteiger partial charge in [0.25, 0.3) is 0 Å². The summed E-state index contributed by atoms with van der Waals surface area (Å²) in [5.41, 5.74) is 1.19.